The molecule has 0 radical (unpaired) electrons. The number of hydrogen-bond donors (Lipinski definition) is 2. The van der Waals surface area contributed by atoms with Gasteiger partial charge in [-0.1, -0.05) is 11.6 Å². The third kappa shape index (κ3) is 2.59. The van der Waals surface area contributed by atoms with Gasteiger partial charge in [0, 0.05) is 15.0 Å². The van der Waals surface area contributed by atoms with Gasteiger partial charge >= 0.3 is 0 Å². The van der Waals surface area contributed by atoms with Gasteiger partial charge in [0.15, 0.2) is 0 Å². The Morgan fingerprint density at radius 2 is 2.10 bits per heavy atom. The van der Waals surface area contributed by atoms with Crippen LogP contribution in [0.1, 0.15) is 4.88 Å². The highest BCUT2D eigenvalue weighted by molar-refractivity contribution is 9.10. The summed E-state index contributed by atoms with van der Waals surface area (Å²) in [7, 11) is 0. The second-order valence-corrected chi connectivity index (χ2v) is 6.76. The van der Waals surface area contributed by atoms with Crippen LogP contribution >= 0.6 is 38.9 Å². The Labute approximate surface area is 133 Å². The van der Waals surface area contributed by atoms with Crippen LogP contribution in [-0.4, -0.2) is 9.97 Å². The molecule has 0 aliphatic rings. The molecule has 0 fully saturated rings. The van der Waals surface area contributed by atoms with Gasteiger partial charge in [-0.25, -0.2) is 4.98 Å². The van der Waals surface area contributed by atoms with Crippen molar-refractivity contribution < 1.29 is 0 Å². The highest BCUT2D eigenvalue weighted by Crippen LogP contribution is 2.32. The number of benzene rings is 1. The van der Waals surface area contributed by atoms with E-state index in [1.807, 2.05) is 31.2 Å². The monoisotopic (exact) mass is 368 g/mol. The zero-order valence-electron chi connectivity index (χ0n) is 10.4. The first-order valence-electron chi connectivity index (χ1n) is 5.78. The normalized spacial score (nSPS) is 10.9. The average molecular weight is 370 g/mol. The molecule has 1 aromatic carbocycles. The van der Waals surface area contributed by atoms with Gasteiger partial charge in [-0.15, -0.1) is 11.3 Å². The van der Waals surface area contributed by atoms with Crippen LogP contribution in [0.4, 0.5) is 17.5 Å². The minimum atomic E-state index is 0.259. The molecule has 0 aliphatic carbocycles. The molecule has 4 nitrogen and oxygen atoms in total. The van der Waals surface area contributed by atoms with Crippen molar-refractivity contribution >= 4 is 66.5 Å². The molecule has 2 heterocycles. The SMILES string of the molecule is Cc1cc2c(Nc3ccc(Cl)c(Br)c3)nc(N)nc2s1. The number of rotatable bonds is 2. The summed E-state index contributed by atoms with van der Waals surface area (Å²) in [4.78, 5) is 10.6. The maximum absolute atomic E-state index is 5.99. The number of aromatic nitrogens is 2. The lowest BCUT2D eigenvalue weighted by molar-refractivity contribution is 1.24. The van der Waals surface area contributed by atoms with Crippen molar-refractivity contribution in [3.63, 3.8) is 0 Å². The Balaban J connectivity index is 2.07. The molecule has 0 aliphatic heterocycles. The minimum absolute atomic E-state index is 0.259. The van der Waals surface area contributed by atoms with Gasteiger partial charge in [-0.2, -0.15) is 4.98 Å². The minimum Gasteiger partial charge on any atom is -0.368 e. The van der Waals surface area contributed by atoms with Gasteiger partial charge in [0.1, 0.15) is 10.6 Å². The van der Waals surface area contributed by atoms with E-state index in [4.69, 9.17) is 17.3 Å². The Morgan fingerprint density at radius 1 is 1.30 bits per heavy atom. The standard InChI is InChI=1S/C13H10BrClN4S/c1-6-4-8-11(18-13(16)19-12(8)20-6)17-7-2-3-10(15)9(14)5-7/h2-5H,1H3,(H3,16,17,18,19). The fourth-order valence-corrected chi connectivity index (χ4v) is 3.25. The van der Waals surface area contributed by atoms with Crippen molar-refractivity contribution in [1.29, 1.82) is 0 Å². The van der Waals surface area contributed by atoms with Crippen molar-refractivity contribution in [3.8, 4) is 0 Å². The molecule has 0 unspecified atom stereocenters. The number of halogens is 2. The van der Waals surface area contributed by atoms with Crippen molar-refractivity contribution in [3.05, 3.63) is 38.6 Å². The number of fused-ring (bicyclic) bond motifs is 1. The lowest BCUT2D eigenvalue weighted by atomic mass is 10.3. The van der Waals surface area contributed by atoms with E-state index in [-0.39, 0.29) is 5.95 Å². The van der Waals surface area contributed by atoms with E-state index >= 15 is 0 Å². The first kappa shape index (κ1) is 13.6. The number of nitrogens with one attached hydrogen (secondary N) is 1. The molecule has 3 aromatic rings. The molecule has 0 amide bonds. The van der Waals surface area contributed by atoms with Crippen LogP contribution in [0.15, 0.2) is 28.7 Å². The summed E-state index contributed by atoms with van der Waals surface area (Å²) in [6.07, 6.45) is 0. The second kappa shape index (κ2) is 5.20. The molecule has 20 heavy (non-hydrogen) atoms. The topological polar surface area (TPSA) is 63.8 Å². The number of aryl methyl sites for hydroxylation is 1. The van der Waals surface area contributed by atoms with Crippen molar-refractivity contribution in [2.75, 3.05) is 11.1 Å². The smallest absolute Gasteiger partial charge is 0.223 e. The lowest BCUT2D eigenvalue weighted by Crippen LogP contribution is -2.00. The van der Waals surface area contributed by atoms with E-state index in [2.05, 4.69) is 31.2 Å². The van der Waals surface area contributed by atoms with Crippen LogP contribution in [0, 0.1) is 6.92 Å². The van der Waals surface area contributed by atoms with E-state index in [0.29, 0.717) is 10.8 Å². The van der Waals surface area contributed by atoms with Crippen molar-refractivity contribution in [1.82, 2.24) is 9.97 Å². The van der Waals surface area contributed by atoms with E-state index in [1.54, 1.807) is 11.3 Å². The molecule has 3 rings (SSSR count). The quantitative estimate of drug-likeness (QED) is 0.684. The fourth-order valence-electron chi connectivity index (χ4n) is 1.86. The van der Waals surface area contributed by atoms with Gasteiger partial charge in [0.25, 0.3) is 0 Å². The molecule has 3 N–H and O–H groups in total. The number of anilines is 3. The molecular weight excluding hydrogens is 360 g/mol. The van der Waals surface area contributed by atoms with Gasteiger partial charge in [0.05, 0.1) is 10.4 Å². The Bertz CT molecular complexity index is 802. The van der Waals surface area contributed by atoms with Crippen molar-refractivity contribution in [2.24, 2.45) is 0 Å². The van der Waals surface area contributed by atoms with Crippen molar-refractivity contribution in [2.45, 2.75) is 6.92 Å². The summed E-state index contributed by atoms with van der Waals surface area (Å²) >= 11 is 11.0. The highest BCUT2D eigenvalue weighted by atomic mass is 79.9. The van der Waals surface area contributed by atoms with Gasteiger partial charge in [0.2, 0.25) is 5.95 Å². The lowest BCUT2D eigenvalue weighted by Gasteiger charge is -2.08. The number of nitrogens with two attached hydrogens (primary N) is 1. The fraction of sp³-hybridized carbons (Fsp3) is 0.0769. The molecule has 102 valence electrons. The Morgan fingerprint density at radius 3 is 2.85 bits per heavy atom. The van der Waals surface area contributed by atoms with E-state index in [0.717, 1.165) is 20.4 Å². The third-order valence-electron chi connectivity index (χ3n) is 2.72. The summed E-state index contributed by atoms with van der Waals surface area (Å²) in [6.45, 7) is 2.03. The van der Waals surface area contributed by atoms with Gasteiger partial charge in [-0.3, -0.25) is 0 Å². The van der Waals surface area contributed by atoms with Crippen LogP contribution < -0.4 is 11.1 Å². The van der Waals surface area contributed by atoms with Crippen LogP contribution in [0.3, 0.4) is 0 Å². The molecule has 0 atom stereocenters. The average Bonchev–Trinajstić information content (AvgIpc) is 2.74. The van der Waals surface area contributed by atoms with E-state index in [1.165, 1.54) is 4.88 Å². The predicted octanol–water partition coefficient (Wildman–Crippen LogP) is 4.74. The first-order valence-corrected chi connectivity index (χ1v) is 7.77. The molecular formula is C13H10BrClN4S. The van der Waals surface area contributed by atoms with E-state index < -0.39 is 0 Å². The van der Waals surface area contributed by atoms with Gasteiger partial charge < -0.3 is 11.1 Å². The Kier molecular flexibility index (Phi) is 3.54. The van der Waals surface area contributed by atoms with Crippen LogP contribution in [0.25, 0.3) is 10.2 Å². The summed E-state index contributed by atoms with van der Waals surface area (Å²) in [6, 6.07) is 7.64. The zero-order valence-corrected chi connectivity index (χ0v) is 13.6. The largest absolute Gasteiger partial charge is 0.368 e. The predicted molar refractivity (Wildman–Crippen MR) is 89.0 cm³/mol. The summed E-state index contributed by atoms with van der Waals surface area (Å²) in [5.74, 6) is 0.959. The summed E-state index contributed by atoms with van der Waals surface area (Å²) in [5.41, 5.74) is 6.63. The van der Waals surface area contributed by atoms with Gasteiger partial charge in [-0.05, 0) is 47.1 Å². The molecule has 0 saturated heterocycles. The summed E-state index contributed by atoms with van der Waals surface area (Å²) in [5, 5.41) is 4.88. The van der Waals surface area contributed by atoms with E-state index in [9.17, 15) is 0 Å². The molecule has 0 saturated carbocycles. The maximum Gasteiger partial charge on any atom is 0.223 e. The zero-order chi connectivity index (χ0) is 14.3. The summed E-state index contributed by atoms with van der Waals surface area (Å²) < 4.78 is 0.823. The van der Waals surface area contributed by atoms with Crippen LogP contribution in [-0.2, 0) is 0 Å². The Hall–Kier alpha value is -1.37. The third-order valence-corrected chi connectivity index (χ3v) is 4.87. The molecule has 7 heteroatoms. The number of nitrogens with zero attached hydrogens (tertiary/aromatic N) is 2. The van der Waals surface area contributed by atoms with Crippen LogP contribution in [0.2, 0.25) is 5.02 Å². The number of hydrogen-bond acceptors (Lipinski definition) is 5. The molecule has 0 bridgehead atoms. The maximum atomic E-state index is 5.99. The highest BCUT2D eigenvalue weighted by Gasteiger charge is 2.10. The molecule has 2 aromatic heterocycles. The second-order valence-electron chi connectivity index (χ2n) is 4.26. The first-order chi connectivity index (χ1) is 9.52. The number of thiophene rings is 1. The molecule has 0 spiro atoms. The van der Waals surface area contributed by atoms with Crippen LogP contribution in [0.5, 0.6) is 0 Å². The number of nitrogen functional groups attached to an aromatic ring is 1.